The Balaban J connectivity index is 0. The van der Waals surface area contributed by atoms with Crippen molar-refractivity contribution in [1.29, 1.82) is 0 Å². The Hall–Kier alpha value is -0.540. The summed E-state index contributed by atoms with van der Waals surface area (Å²) in [5.74, 6) is -1.40. The maximum Gasteiger partial charge on any atom is 0.384 e. The number of likely N-dealkylation sites (N-methyl/N-ethyl adjacent to an activating group) is 1. The van der Waals surface area contributed by atoms with E-state index in [9.17, 15) is 9.36 Å². The number of nitrogens with zero attached hydrogens (tertiary/aromatic N) is 1. The summed E-state index contributed by atoms with van der Waals surface area (Å²) in [4.78, 5) is 28.3. The highest BCUT2D eigenvalue weighted by Crippen LogP contribution is 2.43. The fourth-order valence-electron chi connectivity index (χ4n) is 3.77. The van der Waals surface area contributed by atoms with Crippen LogP contribution in [-0.2, 0) is 18.8 Å². The first kappa shape index (κ1) is 37.6. The number of aliphatic hydroxyl groups is 2. The second-order valence-corrected chi connectivity index (χ2v) is 12.2. The Labute approximate surface area is 220 Å². The second-order valence-electron chi connectivity index (χ2n) is 10.5. The number of ether oxygens (including phenoxy) is 2. The lowest BCUT2D eigenvalue weighted by Gasteiger charge is -2.32. The molecule has 0 heterocycles. The smallest absolute Gasteiger partial charge is 0.384 e. The fraction of sp³-hybridized carbons (Fsp3) is 0.962. The van der Waals surface area contributed by atoms with Crippen molar-refractivity contribution in [2.24, 2.45) is 0 Å². The average Bonchev–Trinajstić information content (AvgIpc) is 2.76. The van der Waals surface area contributed by atoms with Gasteiger partial charge in [-0.05, 0) is 6.42 Å². The number of rotatable bonds is 22. The minimum atomic E-state index is -4.18. The molecule has 0 saturated heterocycles. The number of carbonyl (C=O) groups excluding carboxylic acids is 1. The maximum absolute atomic E-state index is 10.8. The minimum absolute atomic E-state index is 0.0563. The van der Waals surface area contributed by atoms with Crippen LogP contribution in [0.25, 0.3) is 0 Å². The van der Waals surface area contributed by atoms with Gasteiger partial charge in [0.05, 0.1) is 34.4 Å². The van der Waals surface area contributed by atoms with Crippen LogP contribution in [0.4, 0.5) is 0 Å². The zero-order chi connectivity index (χ0) is 27.9. The number of quaternary nitrogens is 1. The van der Waals surface area contributed by atoms with Crippen LogP contribution in [-0.4, -0.2) is 89.9 Å². The lowest BCUT2D eigenvalue weighted by atomic mass is 10.0. The molecule has 2 atom stereocenters. The summed E-state index contributed by atoms with van der Waals surface area (Å²) in [6, 6.07) is 0. The Bertz CT molecular complexity index is 551. The van der Waals surface area contributed by atoms with Gasteiger partial charge in [0.2, 0.25) is 5.78 Å². The quantitative estimate of drug-likeness (QED) is 0.0675. The number of unbranched alkanes of at least 4 members (excludes halogenated alkanes) is 13. The average molecular weight is 543 g/mol. The standard InChI is InChI=1S/C21H42O4.C5H14NO4P/c1-3-4-5-6-7-8-9-10-11-12-13-14-15-16-17-24-19-21(18-22)25-20(2)23;1-6(2,3)5(4-7)11(8,9)10/h21-22H,3-19H2,1-2H3;5,7H,4H2,1-3H3,(H-,8,9,10)/p+1/t21-;/m0./s1. The van der Waals surface area contributed by atoms with Crippen LogP contribution in [0.15, 0.2) is 0 Å². The number of hydrogen-bond donors (Lipinski definition) is 4. The molecule has 0 aliphatic rings. The van der Waals surface area contributed by atoms with Crippen molar-refractivity contribution in [1.82, 2.24) is 0 Å². The molecule has 9 nitrogen and oxygen atoms in total. The van der Waals surface area contributed by atoms with E-state index in [0.29, 0.717) is 6.61 Å². The first-order valence-corrected chi connectivity index (χ1v) is 15.4. The predicted octanol–water partition coefficient (Wildman–Crippen LogP) is 4.60. The monoisotopic (exact) mass is 542 g/mol. The van der Waals surface area contributed by atoms with Crippen molar-refractivity contribution >= 4 is 13.6 Å². The van der Waals surface area contributed by atoms with Gasteiger partial charge < -0.3 is 34.0 Å². The van der Waals surface area contributed by atoms with E-state index >= 15 is 0 Å². The van der Waals surface area contributed by atoms with Crippen LogP contribution in [0, 0.1) is 0 Å². The minimum Gasteiger partial charge on any atom is -0.458 e. The molecule has 0 fully saturated rings. The largest absolute Gasteiger partial charge is 0.458 e. The summed E-state index contributed by atoms with van der Waals surface area (Å²) in [5.41, 5.74) is 0. The summed E-state index contributed by atoms with van der Waals surface area (Å²) in [5, 5.41) is 17.7. The first-order valence-electron chi connectivity index (χ1n) is 13.7. The summed E-state index contributed by atoms with van der Waals surface area (Å²) in [6.45, 7) is 3.89. The molecule has 0 spiro atoms. The third kappa shape index (κ3) is 25.1. The molecule has 0 bridgehead atoms. The lowest BCUT2D eigenvalue weighted by Crippen LogP contribution is -2.46. The first-order chi connectivity index (χ1) is 16.9. The van der Waals surface area contributed by atoms with Crippen molar-refractivity contribution < 1.29 is 43.3 Å². The molecular formula is C26H57NO8P+. The Kier molecular flexibility index (Phi) is 24.6. The van der Waals surface area contributed by atoms with Crippen LogP contribution in [0.1, 0.15) is 104 Å². The van der Waals surface area contributed by atoms with Crippen LogP contribution >= 0.6 is 7.60 Å². The van der Waals surface area contributed by atoms with Crippen LogP contribution in [0.5, 0.6) is 0 Å². The number of carbonyl (C=O) groups is 1. The predicted molar refractivity (Wildman–Crippen MR) is 145 cm³/mol. The van der Waals surface area contributed by atoms with E-state index in [1.165, 1.54) is 90.4 Å². The summed E-state index contributed by atoms with van der Waals surface area (Å²) >= 11 is 0. The van der Waals surface area contributed by atoms with Gasteiger partial charge in [0.15, 0.2) is 0 Å². The van der Waals surface area contributed by atoms with E-state index in [1.807, 2.05) is 0 Å². The molecular weight excluding hydrogens is 485 g/mol. The third-order valence-corrected chi connectivity index (χ3v) is 7.56. The number of hydrogen-bond acceptors (Lipinski definition) is 6. The second kappa shape index (κ2) is 23.6. The number of esters is 1. The van der Waals surface area contributed by atoms with Crippen molar-refractivity contribution in [3.8, 4) is 0 Å². The maximum atomic E-state index is 10.8. The number of aliphatic hydroxyl groups excluding tert-OH is 2. The van der Waals surface area contributed by atoms with Gasteiger partial charge in [-0.15, -0.1) is 0 Å². The Morgan fingerprint density at radius 3 is 1.47 bits per heavy atom. The zero-order valence-corrected chi connectivity index (χ0v) is 24.6. The van der Waals surface area contributed by atoms with Gasteiger partial charge in [0.1, 0.15) is 12.7 Å². The van der Waals surface area contributed by atoms with Crippen molar-refractivity contribution in [3.63, 3.8) is 0 Å². The van der Waals surface area contributed by atoms with Crippen LogP contribution in [0.2, 0.25) is 0 Å². The van der Waals surface area contributed by atoms with E-state index in [-0.39, 0.29) is 23.7 Å². The van der Waals surface area contributed by atoms with E-state index in [2.05, 4.69) is 6.92 Å². The highest BCUT2D eigenvalue weighted by Gasteiger charge is 2.39. The van der Waals surface area contributed by atoms with Crippen molar-refractivity contribution in [2.75, 3.05) is 47.6 Å². The van der Waals surface area contributed by atoms with Crippen molar-refractivity contribution in [2.45, 2.75) is 116 Å². The molecule has 0 aliphatic carbocycles. The molecule has 0 saturated carbocycles. The van der Waals surface area contributed by atoms with Gasteiger partial charge in [-0.25, -0.2) is 0 Å². The molecule has 0 radical (unpaired) electrons. The molecule has 0 aromatic carbocycles. The lowest BCUT2D eigenvalue weighted by molar-refractivity contribution is -0.883. The SMILES string of the molecule is CCCCCCCCCCCCCCCCOC[C@H](CO)OC(C)=O.C[N+](C)(C)C(CO)P(=O)(O)O. The normalized spacial score (nSPS) is 13.6. The van der Waals surface area contributed by atoms with Crippen molar-refractivity contribution in [3.05, 3.63) is 0 Å². The molecule has 1 unspecified atom stereocenters. The zero-order valence-electron chi connectivity index (χ0n) is 23.7. The third-order valence-electron chi connectivity index (χ3n) is 5.93. The van der Waals surface area contributed by atoms with Crippen LogP contribution in [0.3, 0.4) is 0 Å². The summed E-state index contributed by atoms with van der Waals surface area (Å²) in [6.07, 6.45) is 18.3. The van der Waals surface area contributed by atoms with Gasteiger partial charge in [-0.3, -0.25) is 9.36 Å². The molecule has 4 N–H and O–H groups in total. The van der Waals surface area contributed by atoms with Gasteiger partial charge in [-0.2, -0.15) is 0 Å². The van der Waals surface area contributed by atoms with E-state index in [0.717, 1.165) is 6.42 Å². The molecule has 0 aliphatic heterocycles. The molecule has 0 aromatic heterocycles. The molecule has 10 heteroatoms. The Morgan fingerprint density at radius 2 is 1.19 bits per heavy atom. The van der Waals surface area contributed by atoms with Gasteiger partial charge in [0, 0.05) is 13.5 Å². The van der Waals surface area contributed by atoms with E-state index < -0.39 is 26.1 Å². The highest BCUT2D eigenvalue weighted by molar-refractivity contribution is 7.52. The van der Waals surface area contributed by atoms with Gasteiger partial charge in [-0.1, -0.05) is 90.4 Å². The fourth-order valence-corrected chi connectivity index (χ4v) is 4.89. The molecule has 0 amide bonds. The molecule has 36 heavy (non-hydrogen) atoms. The molecule has 0 rings (SSSR count). The summed E-state index contributed by atoms with van der Waals surface area (Å²) in [7, 11) is 0.700. The Morgan fingerprint density at radius 1 is 0.778 bits per heavy atom. The topological polar surface area (TPSA) is 134 Å². The molecule has 0 aromatic rings. The molecule has 218 valence electrons. The van der Waals surface area contributed by atoms with Gasteiger partial charge in [0.25, 0.3) is 0 Å². The van der Waals surface area contributed by atoms with Crippen LogP contribution < -0.4 is 0 Å². The van der Waals surface area contributed by atoms with E-state index in [1.54, 1.807) is 21.1 Å². The van der Waals surface area contributed by atoms with E-state index in [4.69, 9.17) is 29.5 Å². The van der Waals surface area contributed by atoms with Gasteiger partial charge >= 0.3 is 13.6 Å². The summed E-state index contributed by atoms with van der Waals surface area (Å²) < 4.78 is 21.2. The highest BCUT2D eigenvalue weighted by atomic mass is 31.2.